The number of rotatable bonds is 2. The van der Waals surface area contributed by atoms with E-state index in [1.165, 1.54) is 0 Å². The zero-order valence-electron chi connectivity index (χ0n) is 9.49. The standard InChI is InChI=1S/C11H18O3S/c1-11(2,3)14-15(12,13)10-7-8-4-5-9(10)6-8/h7-9H,4-6H2,1-3H3. The lowest BCUT2D eigenvalue weighted by Gasteiger charge is -2.21. The van der Waals surface area contributed by atoms with Gasteiger partial charge in [-0.2, -0.15) is 8.42 Å². The third-order valence-corrected chi connectivity index (χ3v) is 4.69. The van der Waals surface area contributed by atoms with Crippen LogP contribution in [-0.2, 0) is 14.3 Å². The molecule has 0 spiro atoms. The highest BCUT2D eigenvalue weighted by Gasteiger charge is 2.40. The number of hydrogen-bond acceptors (Lipinski definition) is 3. The summed E-state index contributed by atoms with van der Waals surface area (Å²) < 4.78 is 29.1. The molecule has 0 aliphatic heterocycles. The molecule has 0 saturated heterocycles. The highest BCUT2D eigenvalue weighted by atomic mass is 32.2. The fraction of sp³-hybridized carbons (Fsp3) is 0.818. The molecular weight excluding hydrogens is 212 g/mol. The van der Waals surface area contributed by atoms with Crippen molar-refractivity contribution >= 4 is 10.1 Å². The summed E-state index contributed by atoms with van der Waals surface area (Å²) in [5.41, 5.74) is -0.637. The first-order valence-electron chi connectivity index (χ1n) is 5.45. The third kappa shape index (κ3) is 2.26. The first-order valence-corrected chi connectivity index (χ1v) is 6.86. The largest absolute Gasteiger partial charge is 0.293 e. The van der Waals surface area contributed by atoms with Gasteiger partial charge in [0.25, 0.3) is 10.1 Å². The molecule has 2 bridgehead atoms. The van der Waals surface area contributed by atoms with Crippen molar-refractivity contribution in [1.29, 1.82) is 0 Å². The van der Waals surface area contributed by atoms with Gasteiger partial charge in [0.15, 0.2) is 0 Å². The Morgan fingerprint density at radius 3 is 2.40 bits per heavy atom. The molecule has 2 aliphatic carbocycles. The van der Waals surface area contributed by atoms with E-state index in [9.17, 15) is 8.42 Å². The Kier molecular flexibility index (Phi) is 2.47. The molecule has 0 N–H and O–H groups in total. The SMILES string of the molecule is CC(C)(C)OS(=O)(=O)C1=CC2CCC1C2. The molecule has 1 fully saturated rings. The van der Waals surface area contributed by atoms with Crippen LogP contribution in [0.5, 0.6) is 0 Å². The maximum Gasteiger partial charge on any atom is 0.293 e. The first-order chi connectivity index (χ1) is 6.78. The second-order valence-electron chi connectivity index (χ2n) is 5.49. The lowest BCUT2D eigenvalue weighted by atomic mass is 10.1. The topological polar surface area (TPSA) is 43.4 Å². The molecule has 15 heavy (non-hydrogen) atoms. The summed E-state index contributed by atoms with van der Waals surface area (Å²) >= 11 is 0. The predicted molar refractivity (Wildman–Crippen MR) is 58.7 cm³/mol. The number of allylic oxidation sites excluding steroid dienone is 2. The Labute approximate surface area is 91.6 Å². The molecular formula is C11H18O3S. The van der Waals surface area contributed by atoms with Crippen LogP contribution in [0.3, 0.4) is 0 Å². The van der Waals surface area contributed by atoms with Crippen molar-refractivity contribution in [2.45, 2.75) is 45.6 Å². The van der Waals surface area contributed by atoms with Gasteiger partial charge in [-0.1, -0.05) is 6.08 Å². The Bertz CT molecular complexity index is 387. The summed E-state index contributed by atoms with van der Waals surface area (Å²) in [4.78, 5) is 0.536. The van der Waals surface area contributed by atoms with E-state index in [1.54, 1.807) is 20.8 Å². The molecule has 2 atom stereocenters. The van der Waals surface area contributed by atoms with E-state index in [1.807, 2.05) is 6.08 Å². The van der Waals surface area contributed by atoms with Gasteiger partial charge in [-0.3, -0.25) is 4.18 Å². The van der Waals surface area contributed by atoms with Crippen LogP contribution in [0.25, 0.3) is 0 Å². The van der Waals surface area contributed by atoms with Crippen molar-refractivity contribution in [3.63, 3.8) is 0 Å². The number of hydrogen-bond donors (Lipinski definition) is 0. The Balaban J connectivity index is 2.21. The molecule has 86 valence electrons. The van der Waals surface area contributed by atoms with Gasteiger partial charge in [-0.05, 0) is 51.9 Å². The molecule has 2 unspecified atom stereocenters. The van der Waals surface area contributed by atoms with Crippen molar-refractivity contribution in [2.24, 2.45) is 11.8 Å². The highest BCUT2D eigenvalue weighted by Crippen LogP contribution is 2.46. The zero-order valence-corrected chi connectivity index (χ0v) is 10.3. The molecule has 4 heteroatoms. The third-order valence-electron chi connectivity index (χ3n) is 2.92. The monoisotopic (exact) mass is 230 g/mol. The number of fused-ring (bicyclic) bond motifs is 2. The van der Waals surface area contributed by atoms with Gasteiger partial charge in [-0.25, -0.2) is 0 Å². The summed E-state index contributed by atoms with van der Waals surface area (Å²) in [7, 11) is -3.49. The van der Waals surface area contributed by atoms with Crippen LogP contribution in [-0.4, -0.2) is 14.0 Å². The summed E-state index contributed by atoms with van der Waals surface area (Å²) in [6.45, 7) is 5.29. The highest BCUT2D eigenvalue weighted by molar-refractivity contribution is 7.90. The Morgan fingerprint density at radius 1 is 1.33 bits per heavy atom. The van der Waals surface area contributed by atoms with Crippen molar-refractivity contribution in [3.8, 4) is 0 Å². The summed E-state index contributed by atoms with van der Waals surface area (Å²) in [6, 6.07) is 0. The first kappa shape index (κ1) is 11.1. The minimum absolute atomic E-state index is 0.224. The normalized spacial score (nSPS) is 30.7. The van der Waals surface area contributed by atoms with Crippen molar-refractivity contribution in [3.05, 3.63) is 11.0 Å². The van der Waals surface area contributed by atoms with Gasteiger partial charge < -0.3 is 0 Å². The van der Waals surface area contributed by atoms with Gasteiger partial charge in [0.05, 0.1) is 10.5 Å². The average Bonchev–Trinajstić information content (AvgIpc) is 2.58. The van der Waals surface area contributed by atoms with Crippen molar-refractivity contribution < 1.29 is 12.6 Å². The van der Waals surface area contributed by atoms with Gasteiger partial charge >= 0.3 is 0 Å². The van der Waals surface area contributed by atoms with Crippen molar-refractivity contribution in [2.75, 3.05) is 0 Å². The zero-order chi connectivity index (χ0) is 11.3. The lowest BCUT2D eigenvalue weighted by Crippen LogP contribution is -2.26. The van der Waals surface area contributed by atoms with E-state index in [0.29, 0.717) is 10.8 Å². The van der Waals surface area contributed by atoms with Gasteiger partial charge in [0.1, 0.15) is 0 Å². The second-order valence-corrected chi connectivity index (χ2v) is 7.04. The maximum absolute atomic E-state index is 11.9. The molecule has 1 saturated carbocycles. The minimum atomic E-state index is -3.49. The fourth-order valence-corrected chi connectivity index (χ4v) is 4.20. The predicted octanol–water partition coefficient (Wildman–Crippen LogP) is 2.45. The summed E-state index contributed by atoms with van der Waals surface area (Å²) in [6.07, 6.45) is 5.04. The van der Waals surface area contributed by atoms with Crippen LogP contribution in [0, 0.1) is 11.8 Å². The van der Waals surface area contributed by atoms with E-state index in [2.05, 4.69) is 0 Å². The molecule has 0 aromatic heterocycles. The van der Waals surface area contributed by atoms with Crippen LogP contribution in [0.1, 0.15) is 40.0 Å². The molecule has 0 aromatic carbocycles. The second kappa shape index (κ2) is 3.32. The van der Waals surface area contributed by atoms with Crippen LogP contribution < -0.4 is 0 Å². The van der Waals surface area contributed by atoms with E-state index < -0.39 is 15.7 Å². The van der Waals surface area contributed by atoms with E-state index in [-0.39, 0.29) is 5.92 Å². The van der Waals surface area contributed by atoms with E-state index in [4.69, 9.17) is 4.18 Å². The van der Waals surface area contributed by atoms with E-state index >= 15 is 0 Å². The van der Waals surface area contributed by atoms with Crippen LogP contribution in [0.15, 0.2) is 11.0 Å². The molecule has 0 radical (unpaired) electrons. The molecule has 3 nitrogen and oxygen atoms in total. The Morgan fingerprint density at radius 2 is 2.00 bits per heavy atom. The Hall–Kier alpha value is -0.350. The molecule has 0 heterocycles. The average molecular weight is 230 g/mol. The van der Waals surface area contributed by atoms with Crippen molar-refractivity contribution in [1.82, 2.24) is 0 Å². The van der Waals surface area contributed by atoms with Gasteiger partial charge in [0, 0.05) is 0 Å². The van der Waals surface area contributed by atoms with Crippen LogP contribution in [0.4, 0.5) is 0 Å². The summed E-state index contributed by atoms with van der Waals surface area (Å²) in [5.74, 6) is 0.700. The van der Waals surface area contributed by atoms with Crippen LogP contribution >= 0.6 is 0 Å². The fourth-order valence-electron chi connectivity index (χ4n) is 2.46. The lowest BCUT2D eigenvalue weighted by molar-refractivity contribution is 0.141. The molecule has 0 aromatic rings. The molecule has 2 rings (SSSR count). The van der Waals surface area contributed by atoms with Crippen LogP contribution in [0.2, 0.25) is 0 Å². The quantitative estimate of drug-likeness (QED) is 0.684. The smallest absolute Gasteiger partial charge is 0.261 e. The minimum Gasteiger partial charge on any atom is -0.261 e. The molecule has 0 amide bonds. The maximum atomic E-state index is 11.9. The van der Waals surface area contributed by atoms with Gasteiger partial charge in [-0.15, -0.1) is 0 Å². The van der Waals surface area contributed by atoms with Gasteiger partial charge in [0.2, 0.25) is 0 Å². The van der Waals surface area contributed by atoms with E-state index in [0.717, 1.165) is 19.3 Å². The summed E-state index contributed by atoms with van der Waals surface area (Å²) in [5, 5.41) is 0. The molecule has 2 aliphatic rings.